The topological polar surface area (TPSA) is 6.48 Å². The van der Waals surface area contributed by atoms with Crippen molar-refractivity contribution in [3.8, 4) is 22.3 Å². The largest absolute Gasteiger partial charge is 0.311 e. The molecule has 0 saturated carbocycles. The molecule has 1 aromatic heterocycles. The zero-order valence-electron chi connectivity index (χ0n) is 37.5. The summed E-state index contributed by atoms with van der Waals surface area (Å²) < 4.78 is 2.74. The Hall–Kier alpha value is -6.62. The van der Waals surface area contributed by atoms with Crippen molar-refractivity contribution < 1.29 is 0 Å². The Morgan fingerprint density at radius 1 is 0.531 bits per heavy atom. The summed E-state index contributed by atoms with van der Waals surface area (Å²) in [6, 6.07) is 63.5. The van der Waals surface area contributed by atoms with E-state index in [1.54, 1.807) is 0 Å². The van der Waals surface area contributed by atoms with Gasteiger partial charge in [0.15, 0.2) is 0 Å². The molecule has 13 rings (SSSR count). The van der Waals surface area contributed by atoms with Crippen molar-refractivity contribution in [2.24, 2.45) is 0 Å². The summed E-state index contributed by atoms with van der Waals surface area (Å²) in [6.45, 7) is 16.1. The summed E-state index contributed by atoms with van der Waals surface area (Å²) in [4.78, 5) is 5.16. The minimum absolute atomic E-state index is 0.0450. The number of thiophene rings is 1. The number of hydrogen-bond donors (Lipinski definition) is 0. The maximum atomic E-state index is 2.63. The third-order valence-corrected chi connectivity index (χ3v) is 16.1. The van der Waals surface area contributed by atoms with Gasteiger partial charge in [0.25, 0.3) is 6.71 Å². The zero-order chi connectivity index (χ0) is 43.4. The predicted molar refractivity (Wildman–Crippen MR) is 274 cm³/mol. The second-order valence-corrected chi connectivity index (χ2v) is 21.1. The lowest BCUT2D eigenvalue weighted by molar-refractivity contribution is 0.590. The molecule has 0 amide bonds. The number of aryl methyl sites for hydroxylation is 2. The van der Waals surface area contributed by atoms with Crippen LogP contribution >= 0.6 is 11.3 Å². The highest BCUT2D eigenvalue weighted by Gasteiger charge is 2.53. The van der Waals surface area contributed by atoms with Gasteiger partial charge >= 0.3 is 0 Å². The van der Waals surface area contributed by atoms with E-state index in [1.165, 1.54) is 127 Å². The Morgan fingerprint density at radius 2 is 1.12 bits per heavy atom. The molecule has 3 heterocycles. The molecule has 0 radical (unpaired) electrons. The lowest BCUT2D eigenvalue weighted by Gasteiger charge is -2.43. The molecular weight excluding hydrogens is 792 g/mol. The molecule has 8 aromatic carbocycles. The Kier molecular flexibility index (Phi) is 7.83. The number of benzene rings is 8. The zero-order valence-corrected chi connectivity index (χ0v) is 38.4. The summed E-state index contributed by atoms with van der Waals surface area (Å²) in [5.41, 5.74) is 26.0. The monoisotopic (exact) mass is 840 g/mol. The van der Waals surface area contributed by atoms with E-state index in [4.69, 9.17) is 0 Å². The van der Waals surface area contributed by atoms with Crippen LogP contribution in [0.5, 0.6) is 0 Å². The van der Waals surface area contributed by atoms with E-state index >= 15 is 0 Å². The first-order valence-electron chi connectivity index (χ1n) is 23.0. The number of fused-ring (bicyclic) bond motifs is 16. The number of anilines is 6. The Bertz CT molecular complexity index is 3390. The summed E-state index contributed by atoms with van der Waals surface area (Å²) in [5.74, 6) is 0.468. The summed E-state index contributed by atoms with van der Waals surface area (Å²) in [5, 5.41) is 1.32. The molecule has 0 atom stereocenters. The molecule has 2 aliphatic heterocycles. The SMILES string of the molecule is Cc1cc2c3c(c1)N(c1ccc(C(C)(C)C)cc1)c1c(sc4cc5c(cc14)-c1ccc(C)cc1C51c4ccccc4-c4ccccc41)B3c1ccccc1N2c1ccc(C(C)C)cc1. The quantitative estimate of drug-likeness (QED) is 0.164. The van der Waals surface area contributed by atoms with Crippen LogP contribution in [0.25, 0.3) is 32.3 Å². The molecule has 308 valence electrons. The van der Waals surface area contributed by atoms with E-state index in [0.717, 1.165) is 0 Å². The summed E-state index contributed by atoms with van der Waals surface area (Å²) in [7, 11) is 0. The smallest absolute Gasteiger partial charge is 0.264 e. The van der Waals surface area contributed by atoms with E-state index in [0.29, 0.717) is 5.92 Å². The maximum absolute atomic E-state index is 2.63. The number of rotatable bonds is 3. The second-order valence-electron chi connectivity index (χ2n) is 20.0. The molecule has 0 saturated heterocycles. The Morgan fingerprint density at radius 3 is 1.81 bits per heavy atom. The van der Waals surface area contributed by atoms with E-state index in [-0.39, 0.29) is 12.1 Å². The first kappa shape index (κ1) is 37.9. The highest BCUT2D eigenvalue weighted by molar-refractivity contribution is 7.33. The van der Waals surface area contributed by atoms with Crippen LogP contribution in [-0.4, -0.2) is 6.71 Å². The minimum atomic E-state index is -0.401. The van der Waals surface area contributed by atoms with Crippen LogP contribution in [0.3, 0.4) is 0 Å². The average Bonchev–Trinajstić information content (AvgIpc) is 3.91. The molecule has 4 aliphatic rings. The van der Waals surface area contributed by atoms with Gasteiger partial charge in [0.1, 0.15) is 0 Å². The van der Waals surface area contributed by atoms with Gasteiger partial charge < -0.3 is 9.80 Å². The highest BCUT2D eigenvalue weighted by Crippen LogP contribution is 2.64. The van der Waals surface area contributed by atoms with Crippen molar-refractivity contribution in [2.45, 2.75) is 65.2 Å². The first-order chi connectivity index (χ1) is 31.0. The third kappa shape index (κ3) is 4.98. The van der Waals surface area contributed by atoms with Gasteiger partial charge in [0.2, 0.25) is 0 Å². The van der Waals surface area contributed by atoms with Crippen molar-refractivity contribution in [3.05, 3.63) is 208 Å². The number of nitrogens with zero attached hydrogens (tertiary/aromatic N) is 2. The average molecular weight is 841 g/mol. The van der Waals surface area contributed by atoms with Crippen molar-refractivity contribution >= 4 is 78.0 Å². The van der Waals surface area contributed by atoms with Gasteiger partial charge in [-0.05, 0) is 152 Å². The lowest BCUT2D eigenvalue weighted by atomic mass is 9.36. The van der Waals surface area contributed by atoms with Crippen LogP contribution in [0.15, 0.2) is 164 Å². The standard InChI is InChI=1S/C60H49BN2S/c1-35(2)38-21-25-40(26-22-38)62-52-19-13-12-18-51(52)61-56-53(62)31-37(4)32-54(56)63(41-27-23-39(24-28-41)59(5,6)7)57-46-33-45-44-29-20-36(3)30-49(44)60(50(45)34-55(46)64-58(57)61)47-16-10-8-14-42(47)43-15-9-11-17-48(43)60/h8-35H,1-7H3. The van der Waals surface area contributed by atoms with Crippen molar-refractivity contribution in [2.75, 3.05) is 9.80 Å². The van der Waals surface area contributed by atoms with Gasteiger partial charge in [0.05, 0.1) is 11.1 Å². The molecule has 0 fully saturated rings. The van der Waals surface area contributed by atoms with Crippen LogP contribution in [0, 0.1) is 13.8 Å². The molecule has 0 N–H and O–H groups in total. The minimum Gasteiger partial charge on any atom is -0.311 e. The summed E-state index contributed by atoms with van der Waals surface area (Å²) >= 11 is 2.01. The molecule has 0 unspecified atom stereocenters. The molecule has 4 heteroatoms. The van der Waals surface area contributed by atoms with Gasteiger partial charge in [-0.15, -0.1) is 11.3 Å². The van der Waals surface area contributed by atoms with Gasteiger partial charge in [0, 0.05) is 43.3 Å². The molecule has 1 spiro atoms. The molecule has 0 bridgehead atoms. The molecule has 64 heavy (non-hydrogen) atoms. The van der Waals surface area contributed by atoms with Gasteiger partial charge in [-0.3, -0.25) is 0 Å². The molecule has 9 aromatic rings. The van der Waals surface area contributed by atoms with Crippen LogP contribution in [0.4, 0.5) is 34.1 Å². The van der Waals surface area contributed by atoms with Crippen LogP contribution in [-0.2, 0) is 10.8 Å². The summed E-state index contributed by atoms with van der Waals surface area (Å²) in [6.07, 6.45) is 0. The molecular formula is C60H49BN2S. The van der Waals surface area contributed by atoms with Crippen LogP contribution < -0.4 is 25.5 Å². The lowest BCUT2D eigenvalue weighted by Crippen LogP contribution is -2.60. The second kappa shape index (κ2) is 13.2. The normalized spacial score (nSPS) is 14.7. The Labute approximate surface area is 381 Å². The predicted octanol–water partition coefficient (Wildman–Crippen LogP) is 14.4. The fourth-order valence-electron chi connectivity index (χ4n) is 12.0. The third-order valence-electron chi connectivity index (χ3n) is 14.9. The van der Waals surface area contributed by atoms with E-state index < -0.39 is 5.41 Å². The van der Waals surface area contributed by atoms with Crippen LogP contribution in [0.2, 0.25) is 0 Å². The first-order valence-corrected chi connectivity index (χ1v) is 23.8. The Balaban J connectivity index is 1.13. The highest BCUT2D eigenvalue weighted by atomic mass is 32.1. The fourth-order valence-corrected chi connectivity index (χ4v) is 13.3. The van der Waals surface area contributed by atoms with E-state index in [9.17, 15) is 0 Å². The fraction of sp³-hybridized carbons (Fsp3) is 0.167. The van der Waals surface area contributed by atoms with Crippen molar-refractivity contribution in [1.29, 1.82) is 0 Å². The van der Waals surface area contributed by atoms with E-state index in [2.05, 4.69) is 222 Å². The maximum Gasteiger partial charge on any atom is 0.264 e. The number of hydrogen-bond acceptors (Lipinski definition) is 3. The van der Waals surface area contributed by atoms with Crippen LogP contribution in [0.1, 0.15) is 85.0 Å². The van der Waals surface area contributed by atoms with E-state index in [1.807, 2.05) is 11.3 Å². The van der Waals surface area contributed by atoms with Gasteiger partial charge in [-0.2, -0.15) is 0 Å². The number of para-hydroxylation sites is 1. The van der Waals surface area contributed by atoms with Gasteiger partial charge in [-0.1, -0.05) is 149 Å². The molecule has 2 nitrogen and oxygen atoms in total. The van der Waals surface area contributed by atoms with Crippen molar-refractivity contribution in [1.82, 2.24) is 0 Å². The van der Waals surface area contributed by atoms with Gasteiger partial charge in [-0.25, -0.2) is 0 Å². The van der Waals surface area contributed by atoms with Crippen molar-refractivity contribution in [3.63, 3.8) is 0 Å². The molecule has 2 aliphatic carbocycles.